The molecule has 0 bridgehead atoms. The number of hydrogen-bond acceptors (Lipinski definition) is 4. The van der Waals surface area contributed by atoms with Gasteiger partial charge in [-0.3, -0.25) is 14.5 Å². The fourth-order valence-corrected chi connectivity index (χ4v) is 3.09. The Labute approximate surface area is 155 Å². The molecule has 0 spiro atoms. The molecule has 26 heavy (non-hydrogen) atoms. The minimum atomic E-state index is -0.634. The van der Waals surface area contributed by atoms with Crippen LogP contribution in [0.5, 0.6) is 0 Å². The molecule has 1 aromatic heterocycles. The predicted octanol–water partition coefficient (Wildman–Crippen LogP) is 1.64. The van der Waals surface area contributed by atoms with Crippen LogP contribution in [0.25, 0.3) is 6.08 Å². The summed E-state index contributed by atoms with van der Waals surface area (Å²) in [5.74, 6) is 0.284. The van der Waals surface area contributed by atoms with Crippen LogP contribution in [0.4, 0.5) is 0 Å². The Balaban J connectivity index is 2.41. The Hall–Kier alpha value is -2.15. The summed E-state index contributed by atoms with van der Waals surface area (Å²) in [7, 11) is 3.61. The normalized spacial score (nSPS) is 15.8. The zero-order valence-corrected chi connectivity index (χ0v) is 16.9. The van der Waals surface area contributed by atoms with Crippen molar-refractivity contribution >= 4 is 17.9 Å². The van der Waals surface area contributed by atoms with Crippen LogP contribution in [-0.2, 0) is 17.9 Å². The Morgan fingerprint density at radius 3 is 2.42 bits per heavy atom. The van der Waals surface area contributed by atoms with Crippen molar-refractivity contribution in [2.45, 2.75) is 53.8 Å². The van der Waals surface area contributed by atoms with Gasteiger partial charge in [0.2, 0.25) is 5.91 Å². The van der Waals surface area contributed by atoms with E-state index in [1.54, 1.807) is 7.05 Å². The van der Waals surface area contributed by atoms with Gasteiger partial charge in [-0.1, -0.05) is 26.3 Å². The Morgan fingerprint density at radius 2 is 1.88 bits per heavy atom. The quantitative estimate of drug-likeness (QED) is 0.854. The molecule has 144 valence electrons. The lowest BCUT2D eigenvalue weighted by Crippen LogP contribution is -2.53. The molecular weight excluding hydrogens is 330 g/mol. The summed E-state index contributed by atoms with van der Waals surface area (Å²) < 4.78 is 2.11. The maximum Gasteiger partial charge on any atom is 0.272 e. The van der Waals surface area contributed by atoms with Crippen molar-refractivity contribution in [2.24, 2.45) is 5.41 Å². The SMILES string of the molecule is CNC(=O)C(NC(=O)c1nc(C=C(C)C)n2c1CN(C)CC2)C(C)(C)C. The second-order valence-corrected chi connectivity index (χ2v) is 8.26. The van der Waals surface area contributed by atoms with Crippen molar-refractivity contribution in [2.75, 3.05) is 20.6 Å². The van der Waals surface area contributed by atoms with E-state index >= 15 is 0 Å². The van der Waals surface area contributed by atoms with Crippen molar-refractivity contribution in [3.8, 4) is 0 Å². The number of nitrogens with one attached hydrogen (secondary N) is 2. The standard InChI is InChI=1S/C19H31N5O2/c1-12(2)10-14-21-15(13-11-23(7)8-9-24(13)14)17(25)22-16(18(26)20-6)19(3,4)5/h10,16H,8-9,11H2,1-7H3,(H,20,26)(H,22,25). The zero-order valence-electron chi connectivity index (χ0n) is 16.9. The summed E-state index contributed by atoms with van der Waals surface area (Å²) in [6.45, 7) is 12.2. The summed E-state index contributed by atoms with van der Waals surface area (Å²) >= 11 is 0. The zero-order chi connectivity index (χ0) is 19.6. The van der Waals surface area contributed by atoms with E-state index in [4.69, 9.17) is 0 Å². The fraction of sp³-hybridized carbons (Fsp3) is 0.632. The Morgan fingerprint density at radius 1 is 1.23 bits per heavy atom. The number of carbonyl (C=O) groups is 2. The first-order valence-electron chi connectivity index (χ1n) is 9.00. The summed E-state index contributed by atoms with van der Waals surface area (Å²) in [5.41, 5.74) is 2.02. The molecule has 2 N–H and O–H groups in total. The van der Waals surface area contributed by atoms with Gasteiger partial charge in [-0.2, -0.15) is 0 Å². The van der Waals surface area contributed by atoms with E-state index in [9.17, 15) is 9.59 Å². The van der Waals surface area contributed by atoms with Crippen molar-refractivity contribution in [3.05, 3.63) is 22.8 Å². The monoisotopic (exact) mass is 361 g/mol. The molecule has 7 nitrogen and oxygen atoms in total. The first kappa shape index (κ1) is 20.2. The van der Waals surface area contributed by atoms with Crippen molar-refractivity contribution in [1.29, 1.82) is 0 Å². The number of aromatic nitrogens is 2. The van der Waals surface area contributed by atoms with Crippen LogP contribution < -0.4 is 10.6 Å². The van der Waals surface area contributed by atoms with Crippen molar-refractivity contribution in [1.82, 2.24) is 25.1 Å². The number of likely N-dealkylation sites (N-methyl/N-ethyl adjacent to an activating group) is 2. The van der Waals surface area contributed by atoms with Gasteiger partial charge >= 0.3 is 0 Å². The molecule has 1 unspecified atom stereocenters. The molecule has 0 aliphatic carbocycles. The van der Waals surface area contributed by atoms with Gasteiger partial charge in [-0.25, -0.2) is 4.98 Å². The van der Waals surface area contributed by atoms with E-state index < -0.39 is 11.5 Å². The molecule has 1 aliphatic rings. The highest BCUT2D eigenvalue weighted by molar-refractivity contribution is 5.97. The maximum absolute atomic E-state index is 13.0. The molecule has 1 atom stereocenters. The molecule has 0 saturated carbocycles. The van der Waals surface area contributed by atoms with Gasteiger partial charge in [0.15, 0.2) is 5.69 Å². The van der Waals surface area contributed by atoms with Gasteiger partial charge in [0, 0.05) is 26.7 Å². The van der Waals surface area contributed by atoms with Crippen LogP contribution in [0.15, 0.2) is 5.57 Å². The third-order valence-electron chi connectivity index (χ3n) is 4.51. The fourth-order valence-electron chi connectivity index (χ4n) is 3.09. The van der Waals surface area contributed by atoms with E-state index in [-0.39, 0.29) is 11.8 Å². The van der Waals surface area contributed by atoms with Gasteiger partial charge in [0.1, 0.15) is 11.9 Å². The molecule has 0 saturated heterocycles. The summed E-state index contributed by atoms with van der Waals surface area (Å²) in [5, 5.41) is 5.52. The predicted molar refractivity (Wildman–Crippen MR) is 103 cm³/mol. The number of nitrogens with zero attached hydrogens (tertiary/aromatic N) is 3. The van der Waals surface area contributed by atoms with Crippen LogP contribution in [0.3, 0.4) is 0 Å². The number of rotatable bonds is 4. The third kappa shape index (κ3) is 4.33. The first-order chi connectivity index (χ1) is 12.0. The van der Waals surface area contributed by atoms with Crippen LogP contribution >= 0.6 is 0 Å². The molecule has 0 radical (unpaired) electrons. The highest BCUT2D eigenvalue weighted by Gasteiger charge is 2.34. The molecule has 2 heterocycles. The lowest BCUT2D eigenvalue weighted by Gasteiger charge is -2.30. The second-order valence-electron chi connectivity index (χ2n) is 8.26. The van der Waals surface area contributed by atoms with Gasteiger partial charge in [0.25, 0.3) is 5.91 Å². The van der Waals surface area contributed by atoms with E-state index in [0.29, 0.717) is 12.2 Å². The number of imidazole rings is 1. The smallest absolute Gasteiger partial charge is 0.272 e. The molecule has 0 fully saturated rings. The maximum atomic E-state index is 13.0. The number of carbonyl (C=O) groups excluding carboxylic acids is 2. The molecular formula is C19H31N5O2. The topological polar surface area (TPSA) is 79.3 Å². The highest BCUT2D eigenvalue weighted by Crippen LogP contribution is 2.23. The van der Waals surface area contributed by atoms with Crippen LogP contribution in [0, 0.1) is 5.41 Å². The first-order valence-corrected chi connectivity index (χ1v) is 9.00. The molecule has 2 amide bonds. The summed E-state index contributed by atoms with van der Waals surface area (Å²) in [6.07, 6.45) is 1.99. The van der Waals surface area contributed by atoms with Gasteiger partial charge in [-0.05, 0) is 32.4 Å². The Bertz CT molecular complexity index is 723. The number of fused-ring (bicyclic) bond motifs is 1. The van der Waals surface area contributed by atoms with Crippen LogP contribution in [0.2, 0.25) is 0 Å². The van der Waals surface area contributed by atoms with Gasteiger partial charge in [0.05, 0.1) is 5.69 Å². The van der Waals surface area contributed by atoms with Crippen LogP contribution in [0.1, 0.15) is 56.6 Å². The van der Waals surface area contributed by atoms with Crippen molar-refractivity contribution in [3.63, 3.8) is 0 Å². The second kappa shape index (κ2) is 7.61. The van der Waals surface area contributed by atoms with Crippen molar-refractivity contribution < 1.29 is 9.59 Å². The number of hydrogen-bond donors (Lipinski definition) is 2. The average Bonchev–Trinajstić information content (AvgIpc) is 2.87. The number of amides is 2. The molecule has 0 aromatic carbocycles. The molecule has 7 heteroatoms. The molecule has 1 aliphatic heterocycles. The Kier molecular flexibility index (Phi) is 5.91. The van der Waals surface area contributed by atoms with E-state index in [0.717, 1.165) is 30.2 Å². The third-order valence-corrected chi connectivity index (χ3v) is 4.51. The van der Waals surface area contributed by atoms with E-state index in [1.807, 2.05) is 47.7 Å². The van der Waals surface area contributed by atoms with Gasteiger partial charge < -0.3 is 15.2 Å². The van der Waals surface area contributed by atoms with Gasteiger partial charge in [-0.15, -0.1) is 0 Å². The molecule has 1 aromatic rings. The molecule has 2 rings (SSSR count). The lowest BCUT2D eigenvalue weighted by atomic mass is 9.86. The number of allylic oxidation sites excluding steroid dienone is 1. The largest absolute Gasteiger partial charge is 0.357 e. The lowest BCUT2D eigenvalue weighted by molar-refractivity contribution is -0.124. The minimum Gasteiger partial charge on any atom is -0.357 e. The van der Waals surface area contributed by atoms with E-state index in [1.165, 1.54) is 0 Å². The summed E-state index contributed by atoms with van der Waals surface area (Å²) in [4.78, 5) is 32.0. The summed E-state index contributed by atoms with van der Waals surface area (Å²) in [6, 6.07) is -0.634. The van der Waals surface area contributed by atoms with E-state index in [2.05, 4.69) is 25.1 Å². The minimum absolute atomic E-state index is 0.208. The van der Waals surface area contributed by atoms with Crippen LogP contribution in [-0.4, -0.2) is 52.9 Å². The average molecular weight is 361 g/mol. The highest BCUT2D eigenvalue weighted by atomic mass is 16.2.